The van der Waals surface area contributed by atoms with E-state index in [9.17, 15) is 9.90 Å². The molecule has 0 spiro atoms. The molecular weight excluding hydrogens is 218 g/mol. The summed E-state index contributed by atoms with van der Waals surface area (Å²) in [7, 11) is 1.81. The van der Waals surface area contributed by atoms with Crippen molar-refractivity contribution in [1.29, 1.82) is 0 Å². The first kappa shape index (κ1) is 13.7. The summed E-state index contributed by atoms with van der Waals surface area (Å²) in [5.41, 5.74) is -0.128. The van der Waals surface area contributed by atoms with Crippen LogP contribution in [0.2, 0.25) is 0 Å². The first-order chi connectivity index (χ1) is 7.92. The number of aliphatic hydroxyl groups is 1. The summed E-state index contributed by atoms with van der Waals surface area (Å²) in [6.45, 7) is 2.57. The lowest BCUT2D eigenvalue weighted by atomic mass is 9.95. The maximum atomic E-state index is 10.5. The minimum atomic E-state index is -0.964. The fourth-order valence-electron chi connectivity index (χ4n) is 1.78. The van der Waals surface area contributed by atoms with Crippen molar-refractivity contribution in [2.45, 2.75) is 18.9 Å². The Hall–Kier alpha value is -1.39. The number of hydrogen-bond donors (Lipinski definition) is 2. The van der Waals surface area contributed by atoms with Gasteiger partial charge in [0.2, 0.25) is 0 Å². The quantitative estimate of drug-likeness (QED) is 0.783. The Labute approximate surface area is 101 Å². The normalized spacial score (nSPS) is 14.6. The monoisotopic (exact) mass is 237 g/mol. The number of hydrogen-bond acceptors (Lipinski definition) is 3. The molecule has 2 N–H and O–H groups in total. The number of carboxylic acid groups (broad SMARTS) is 1. The Kier molecular flexibility index (Phi) is 4.66. The minimum Gasteiger partial charge on any atom is -0.481 e. The topological polar surface area (TPSA) is 60.8 Å². The van der Waals surface area contributed by atoms with Crippen molar-refractivity contribution in [1.82, 2.24) is 4.90 Å². The lowest BCUT2D eigenvalue weighted by molar-refractivity contribution is -0.137. The summed E-state index contributed by atoms with van der Waals surface area (Å²) in [5.74, 6) is -0.823. The molecule has 0 radical (unpaired) electrons. The zero-order chi connectivity index (χ0) is 12.9. The van der Waals surface area contributed by atoms with Crippen molar-refractivity contribution in [3.05, 3.63) is 35.9 Å². The van der Waals surface area contributed by atoms with Gasteiger partial charge in [-0.1, -0.05) is 30.3 Å². The largest absolute Gasteiger partial charge is 0.481 e. The standard InChI is InChI=1S/C13H19NO3/c1-13(17,11-6-4-3-5-7-11)10-14(2)9-8-12(15)16/h3-7,17H,8-10H2,1-2H3,(H,15,16). The van der Waals surface area contributed by atoms with Crippen molar-refractivity contribution < 1.29 is 15.0 Å². The number of aliphatic carboxylic acids is 1. The molecule has 0 aromatic heterocycles. The molecule has 1 unspecified atom stereocenters. The van der Waals surface area contributed by atoms with E-state index in [0.29, 0.717) is 13.1 Å². The van der Waals surface area contributed by atoms with Crippen LogP contribution in [0.3, 0.4) is 0 Å². The highest BCUT2D eigenvalue weighted by molar-refractivity contribution is 5.66. The van der Waals surface area contributed by atoms with E-state index >= 15 is 0 Å². The summed E-state index contributed by atoms with van der Waals surface area (Å²) < 4.78 is 0. The zero-order valence-corrected chi connectivity index (χ0v) is 10.3. The zero-order valence-electron chi connectivity index (χ0n) is 10.3. The summed E-state index contributed by atoms with van der Waals surface area (Å²) in [6, 6.07) is 9.38. The van der Waals surface area contributed by atoms with E-state index in [1.54, 1.807) is 14.0 Å². The second-order valence-electron chi connectivity index (χ2n) is 4.52. The molecule has 1 rings (SSSR count). The number of benzene rings is 1. The third-order valence-corrected chi connectivity index (χ3v) is 2.68. The predicted octanol–water partition coefficient (Wildman–Crippen LogP) is 1.30. The summed E-state index contributed by atoms with van der Waals surface area (Å²) >= 11 is 0. The second-order valence-corrected chi connectivity index (χ2v) is 4.52. The molecule has 1 aromatic rings. The van der Waals surface area contributed by atoms with E-state index in [-0.39, 0.29) is 6.42 Å². The smallest absolute Gasteiger partial charge is 0.304 e. The average molecular weight is 237 g/mol. The highest BCUT2D eigenvalue weighted by atomic mass is 16.4. The van der Waals surface area contributed by atoms with Crippen molar-refractivity contribution in [3.8, 4) is 0 Å². The van der Waals surface area contributed by atoms with Gasteiger partial charge in [-0.15, -0.1) is 0 Å². The molecule has 1 aromatic carbocycles. The van der Waals surface area contributed by atoms with Crippen molar-refractivity contribution >= 4 is 5.97 Å². The summed E-state index contributed by atoms with van der Waals surface area (Å²) in [6.07, 6.45) is 0.0847. The molecule has 0 aliphatic rings. The SMILES string of the molecule is CN(CCC(=O)O)CC(C)(O)c1ccccc1. The molecule has 4 nitrogen and oxygen atoms in total. The first-order valence-corrected chi connectivity index (χ1v) is 5.60. The van der Waals surface area contributed by atoms with Crippen molar-refractivity contribution in [2.24, 2.45) is 0 Å². The fourth-order valence-corrected chi connectivity index (χ4v) is 1.78. The number of carbonyl (C=O) groups is 1. The Bertz CT molecular complexity index is 362. The van der Waals surface area contributed by atoms with Crippen LogP contribution in [0.4, 0.5) is 0 Å². The van der Waals surface area contributed by atoms with Gasteiger partial charge in [-0.2, -0.15) is 0 Å². The van der Waals surface area contributed by atoms with Gasteiger partial charge in [-0.05, 0) is 19.5 Å². The van der Waals surface area contributed by atoms with Crippen molar-refractivity contribution in [2.75, 3.05) is 20.1 Å². The fraction of sp³-hybridized carbons (Fsp3) is 0.462. The van der Waals surface area contributed by atoms with E-state index in [1.807, 2.05) is 35.2 Å². The Morgan fingerprint density at radius 2 is 1.94 bits per heavy atom. The third-order valence-electron chi connectivity index (χ3n) is 2.68. The molecule has 0 fully saturated rings. The lowest BCUT2D eigenvalue weighted by Crippen LogP contribution is -2.37. The molecule has 0 saturated carbocycles. The van der Waals surface area contributed by atoms with Crippen LogP contribution >= 0.6 is 0 Å². The Balaban J connectivity index is 2.57. The van der Waals surface area contributed by atoms with Gasteiger partial charge >= 0.3 is 5.97 Å². The molecule has 17 heavy (non-hydrogen) atoms. The van der Waals surface area contributed by atoms with Gasteiger partial charge in [0.25, 0.3) is 0 Å². The maximum absolute atomic E-state index is 10.5. The highest BCUT2D eigenvalue weighted by Gasteiger charge is 2.24. The molecule has 4 heteroatoms. The van der Waals surface area contributed by atoms with Crippen LogP contribution in [-0.2, 0) is 10.4 Å². The van der Waals surface area contributed by atoms with E-state index < -0.39 is 11.6 Å². The van der Waals surface area contributed by atoms with E-state index in [4.69, 9.17) is 5.11 Å². The van der Waals surface area contributed by atoms with Crippen LogP contribution in [0.1, 0.15) is 18.9 Å². The van der Waals surface area contributed by atoms with Crippen molar-refractivity contribution in [3.63, 3.8) is 0 Å². The van der Waals surface area contributed by atoms with Crippen LogP contribution in [0, 0.1) is 0 Å². The number of likely N-dealkylation sites (N-methyl/N-ethyl adjacent to an activating group) is 1. The van der Waals surface area contributed by atoms with Crippen LogP contribution < -0.4 is 0 Å². The van der Waals surface area contributed by atoms with E-state index in [1.165, 1.54) is 0 Å². The van der Waals surface area contributed by atoms with Gasteiger partial charge in [0.1, 0.15) is 0 Å². The summed E-state index contributed by atoms with van der Waals surface area (Å²) in [5, 5.41) is 18.9. The second kappa shape index (κ2) is 5.80. The minimum absolute atomic E-state index is 0.0847. The number of nitrogens with zero attached hydrogens (tertiary/aromatic N) is 1. The van der Waals surface area contributed by atoms with Gasteiger partial charge in [0.15, 0.2) is 0 Å². The molecule has 94 valence electrons. The van der Waals surface area contributed by atoms with Crippen LogP contribution in [0.15, 0.2) is 30.3 Å². The maximum Gasteiger partial charge on any atom is 0.304 e. The van der Waals surface area contributed by atoms with Gasteiger partial charge in [0.05, 0.1) is 12.0 Å². The third kappa shape index (κ3) is 4.54. The van der Waals surface area contributed by atoms with Gasteiger partial charge < -0.3 is 15.1 Å². The Morgan fingerprint density at radius 1 is 1.35 bits per heavy atom. The lowest BCUT2D eigenvalue weighted by Gasteiger charge is -2.29. The van der Waals surface area contributed by atoms with Crippen LogP contribution in [0.5, 0.6) is 0 Å². The highest BCUT2D eigenvalue weighted by Crippen LogP contribution is 2.20. The molecular formula is C13H19NO3. The number of rotatable bonds is 6. The first-order valence-electron chi connectivity index (χ1n) is 5.60. The molecule has 0 heterocycles. The molecule has 0 bridgehead atoms. The van der Waals surface area contributed by atoms with Gasteiger partial charge in [-0.25, -0.2) is 0 Å². The van der Waals surface area contributed by atoms with E-state index in [2.05, 4.69) is 0 Å². The molecule has 0 aliphatic heterocycles. The molecule has 0 amide bonds. The summed E-state index contributed by atoms with van der Waals surface area (Å²) in [4.78, 5) is 12.3. The molecule has 1 atom stereocenters. The molecule has 0 aliphatic carbocycles. The Morgan fingerprint density at radius 3 is 2.47 bits per heavy atom. The van der Waals surface area contributed by atoms with Gasteiger partial charge in [-0.3, -0.25) is 4.79 Å². The predicted molar refractivity (Wildman–Crippen MR) is 65.8 cm³/mol. The van der Waals surface area contributed by atoms with Crippen LogP contribution in [0.25, 0.3) is 0 Å². The van der Waals surface area contributed by atoms with E-state index in [0.717, 1.165) is 5.56 Å². The molecule has 0 saturated heterocycles. The van der Waals surface area contributed by atoms with Gasteiger partial charge in [0, 0.05) is 13.1 Å². The average Bonchev–Trinajstić information content (AvgIpc) is 2.27. The van der Waals surface area contributed by atoms with Crippen LogP contribution in [-0.4, -0.2) is 41.2 Å². The number of carboxylic acids is 1.